The molecule has 0 saturated carbocycles. The minimum atomic E-state index is -4.38. The number of likely N-dealkylation sites (tertiary alicyclic amines) is 1. The van der Waals surface area contributed by atoms with Gasteiger partial charge in [-0.05, 0) is 31.5 Å². The molecule has 1 N–H and O–H groups in total. The fraction of sp³-hybridized carbons (Fsp3) is 0.533. The number of amides is 1. The van der Waals surface area contributed by atoms with Crippen molar-refractivity contribution in [3.05, 3.63) is 30.3 Å². The van der Waals surface area contributed by atoms with Crippen LogP contribution in [0, 0.1) is 0 Å². The van der Waals surface area contributed by atoms with Crippen LogP contribution in [0.1, 0.15) is 12.8 Å². The van der Waals surface area contributed by atoms with Crippen molar-refractivity contribution < 1.29 is 22.7 Å². The number of hydrogen-bond donors (Lipinski definition) is 1. The van der Waals surface area contributed by atoms with Gasteiger partial charge in [0, 0.05) is 6.04 Å². The highest BCUT2D eigenvalue weighted by Gasteiger charge is 2.30. The summed E-state index contributed by atoms with van der Waals surface area (Å²) in [5.74, 6) is 0.139. The number of carbonyl (C=O) groups is 1. The topological polar surface area (TPSA) is 41.6 Å². The lowest BCUT2D eigenvalue weighted by atomic mass is 10.2. The van der Waals surface area contributed by atoms with Crippen molar-refractivity contribution in [2.75, 3.05) is 26.2 Å². The van der Waals surface area contributed by atoms with Crippen LogP contribution in [-0.4, -0.2) is 49.3 Å². The molecule has 0 spiro atoms. The Labute approximate surface area is 127 Å². The second-order valence-corrected chi connectivity index (χ2v) is 5.28. The highest BCUT2D eigenvalue weighted by atomic mass is 19.4. The number of ether oxygens (including phenoxy) is 1. The van der Waals surface area contributed by atoms with E-state index in [1.54, 1.807) is 0 Å². The van der Waals surface area contributed by atoms with Crippen molar-refractivity contribution in [3.8, 4) is 5.75 Å². The van der Waals surface area contributed by atoms with E-state index in [0.717, 1.165) is 18.6 Å². The summed E-state index contributed by atoms with van der Waals surface area (Å²) >= 11 is 0. The van der Waals surface area contributed by atoms with Crippen LogP contribution in [0.25, 0.3) is 0 Å². The summed E-state index contributed by atoms with van der Waals surface area (Å²) in [5, 5.41) is 1.90. The van der Waals surface area contributed by atoms with Crippen molar-refractivity contribution in [1.82, 2.24) is 10.2 Å². The van der Waals surface area contributed by atoms with E-state index in [1.165, 1.54) is 0 Å². The predicted octanol–water partition coefficient (Wildman–Crippen LogP) is 2.21. The van der Waals surface area contributed by atoms with Gasteiger partial charge >= 0.3 is 6.18 Å². The number of nitrogens with one attached hydrogen (secondary N) is 1. The zero-order valence-electron chi connectivity index (χ0n) is 12.1. The molecule has 0 radical (unpaired) electrons. The summed E-state index contributed by atoms with van der Waals surface area (Å²) in [6.07, 6.45) is -2.59. The van der Waals surface area contributed by atoms with E-state index in [9.17, 15) is 18.0 Å². The summed E-state index contributed by atoms with van der Waals surface area (Å²) < 4.78 is 41.9. The van der Waals surface area contributed by atoms with Gasteiger partial charge in [0.25, 0.3) is 0 Å². The van der Waals surface area contributed by atoms with Crippen LogP contribution in [0.3, 0.4) is 0 Å². The molecule has 0 aromatic heterocycles. The molecule has 4 nitrogen and oxygen atoms in total. The third-order valence-corrected chi connectivity index (χ3v) is 3.52. The number of carbonyl (C=O) groups excluding carboxylic acids is 1. The molecule has 1 heterocycles. The first-order chi connectivity index (χ1) is 10.4. The average molecular weight is 316 g/mol. The molecule has 0 unspecified atom stereocenters. The number of para-hydroxylation sites is 1. The molecule has 0 aliphatic carbocycles. The SMILES string of the molecule is O=C(CN1CCC[C@H]1COc1ccccc1)NCC(F)(F)F. The molecule has 0 bridgehead atoms. The lowest BCUT2D eigenvalue weighted by Crippen LogP contribution is -2.44. The van der Waals surface area contributed by atoms with Crippen LogP contribution in [0.2, 0.25) is 0 Å². The van der Waals surface area contributed by atoms with Gasteiger partial charge in [-0.25, -0.2) is 0 Å². The number of nitrogens with zero attached hydrogens (tertiary/aromatic N) is 1. The maximum absolute atomic E-state index is 12.1. The molecule has 1 saturated heterocycles. The largest absolute Gasteiger partial charge is 0.492 e. The quantitative estimate of drug-likeness (QED) is 0.875. The van der Waals surface area contributed by atoms with Crippen molar-refractivity contribution in [2.24, 2.45) is 0 Å². The maximum atomic E-state index is 12.1. The normalized spacial score (nSPS) is 19.1. The Morgan fingerprint density at radius 1 is 1.32 bits per heavy atom. The molecule has 7 heteroatoms. The number of halogens is 3. The van der Waals surface area contributed by atoms with E-state index in [1.807, 2.05) is 40.5 Å². The van der Waals surface area contributed by atoms with Gasteiger partial charge < -0.3 is 10.1 Å². The lowest BCUT2D eigenvalue weighted by molar-refractivity contribution is -0.139. The van der Waals surface area contributed by atoms with Gasteiger partial charge in [-0.1, -0.05) is 18.2 Å². The van der Waals surface area contributed by atoms with Crippen molar-refractivity contribution in [3.63, 3.8) is 0 Å². The predicted molar refractivity (Wildman–Crippen MR) is 75.6 cm³/mol. The Morgan fingerprint density at radius 3 is 2.73 bits per heavy atom. The molecule has 22 heavy (non-hydrogen) atoms. The van der Waals surface area contributed by atoms with Crippen LogP contribution in [0.5, 0.6) is 5.75 Å². The molecule has 1 amide bonds. The second-order valence-electron chi connectivity index (χ2n) is 5.28. The zero-order chi connectivity index (χ0) is 16.0. The van der Waals surface area contributed by atoms with Crippen LogP contribution in [0.15, 0.2) is 30.3 Å². The minimum Gasteiger partial charge on any atom is -0.492 e. The molecule has 1 atom stereocenters. The number of rotatable bonds is 6. The fourth-order valence-electron chi connectivity index (χ4n) is 2.44. The Bertz CT molecular complexity index is 479. The number of alkyl halides is 3. The van der Waals surface area contributed by atoms with Crippen LogP contribution in [-0.2, 0) is 4.79 Å². The van der Waals surface area contributed by atoms with E-state index in [4.69, 9.17) is 4.74 Å². The van der Waals surface area contributed by atoms with Crippen LogP contribution < -0.4 is 10.1 Å². The summed E-state index contributed by atoms with van der Waals surface area (Å²) in [5.41, 5.74) is 0. The van der Waals surface area contributed by atoms with Crippen molar-refractivity contribution >= 4 is 5.91 Å². The Morgan fingerprint density at radius 2 is 2.05 bits per heavy atom. The highest BCUT2D eigenvalue weighted by Crippen LogP contribution is 2.19. The van der Waals surface area contributed by atoms with Gasteiger partial charge in [-0.2, -0.15) is 13.2 Å². The molecule has 1 aromatic rings. The minimum absolute atomic E-state index is 0.0289. The number of benzene rings is 1. The summed E-state index contributed by atoms with van der Waals surface area (Å²) in [4.78, 5) is 13.4. The van der Waals surface area contributed by atoms with Gasteiger partial charge in [0.15, 0.2) is 0 Å². The Balaban J connectivity index is 1.77. The average Bonchev–Trinajstić information content (AvgIpc) is 2.90. The van der Waals surface area contributed by atoms with Gasteiger partial charge in [-0.15, -0.1) is 0 Å². The molecule has 1 aliphatic rings. The Kier molecular flexibility index (Phi) is 5.65. The van der Waals surface area contributed by atoms with Gasteiger partial charge in [0.05, 0.1) is 6.54 Å². The van der Waals surface area contributed by atoms with Crippen molar-refractivity contribution in [1.29, 1.82) is 0 Å². The first kappa shape index (κ1) is 16.6. The molecule has 1 aromatic carbocycles. The second kappa shape index (κ2) is 7.49. The van der Waals surface area contributed by atoms with Crippen LogP contribution in [0.4, 0.5) is 13.2 Å². The van der Waals surface area contributed by atoms with Gasteiger partial charge in [0.1, 0.15) is 18.9 Å². The van der Waals surface area contributed by atoms with E-state index in [-0.39, 0.29) is 12.6 Å². The van der Waals surface area contributed by atoms with Crippen LogP contribution >= 0.6 is 0 Å². The smallest absolute Gasteiger partial charge is 0.405 e. The molecule has 1 aliphatic heterocycles. The maximum Gasteiger partial charge on any atom is 0.405 e. The Hall–Kier alpha value is -1.76. The first-order valence-corrected chi connectivity index (χ1v) is 7.19. The molecule has 1 fully saturated rings. The summed E-state index contributed by atoms with van der Waals surface area (Å²) in [6, 6.07) is 9.36. The zero-order valence-corrected chi connectivity index (χ0v) is 12.1. The van der Waals surface area contributed by atoms with E-state index in [0.29, 0.717) is 13.2 Å². The standard InChI is InChI=1S/C15H19F3N2O2/c16-15(17,18)11-19-14(21)9-20-8-4-5-12(20)10-22-13-6-2-1-3-7-13/h1-3,6-7,12H,4-5,8-11H2,(H,19,21)/t12-/m0/s1. The third-order valence-electron chi connectivity index (χ3n) is 3.52. The van der Waals surface area contributed by atoms with E-state index < -0.39 is 18.6 Å². The van der Waals surface area contributed by atoms with Crippen molar-refractivity contribution in [2.45, 2.75) is 25.1 Å². The van der Waals surface area contributed by atoms with E-state index in [2.05, 4.69) is 0 Å². The number of hydrogen-bond acceptors (Lipinski definition) is 3. The molecular formula is C15H19F3N2O2. The summed E-state index contributed by atoms with van der Waals surface area (Å²) in [6.45, 7) is -0.192. The molecule has 2 rings (SSSR count). The van der Waals surface area contributed by atoms with E-state index >= 15 is 0 Å². The van der Waals surface area contributed by atoms with Gasteiger partial charge in [0.2, 0.25) is 5.91 Å². The third kappa shape index (κ3) is 5.55. The molecule has 122 valence electrons. The highest BCUT2D eigenvalue weighted by molar-refractivity contribution is 5.78. The summed E-state index contributed by atoms with van der Waals surface area (Å²) in [7, 11) is 0. The lowest BCUT2D eigenvalue weighted by Gasteiger charge is -2.24. The van der Waals surface area contributed by atoms with Gasteiger partial charge in [-0.3, -0.25) is 9.69 Å². The fourth-order valence-corrected chi connectivity index (χ4v) is 2.44. The monoisotopic (exact) mass is 316 g/mol. The first-order valence-electron chi connectivity index (χ1n) is 7.19. The molecular weight excluding hydrogens is 297 g/mol.